The second kappa shape index (κ2) is 5.04. The van der Waals surface area contributed by atoms with E-state index in [0.717, 1.165) is 41.7 Å². The SMILES string of the molecule is CCCCNc1[nH]c2ccccc2c1C(C)=O. The van der Waals surface area contributed by atoms with E-state index in [2.05, 4.69) is 17.2 Å². The highest BCUT2D eigenvalue weighted by Gasteiger charge is 2.14. The lowest BCUT2D eigenvalue weighted by Crippen LogP contribution is -2.05. The number of aromatic nitrogens is 1. The zero-order valence-corrected chi connectivity index (χ0v) is 10.3. The van der Waals surface area contributed by atoms with Crippen LogP contribution in [0.25, 0.3) is 10.9 Å². The smallest absolute Gasteiger partial charge is 0.164 e. The van der Waals surface area contributed by atoms with E-state index in [1.54, 1.807) is 6.92 Å². The van der Waals surface area contributed by atoms with E-state index >= 15 is 0 Å². The number of carbonyl (C=O) groups is 1. The van der Waals surface area contributed by atoms with Gasteiger partial charge in [0.1, 0.15) is 5.82 Å². The van der Waals surface area contributed by atoms with Crippen molar-refractivity contribution >= 4 is 22.5 Å². The molecule has 0 aliphatic heterocycles. The van der Waals surface area contributed by atoms with Crippen LogP contribution in [0.3, 0.4) is 0 Å². The molecule has 1 heterocycles. The monoisotopic (exact) mass is 230 g/mol. The van der Waals surface area contributed by atoms with Gasteiger partial charge in [-0.2, -0.15) is 0 Å². The van der Waals surface area contributed by atoms with Crippen molar-refractivity contribution in [1.29, 1.82) is 0 Å². The van der Waals surface area contributed by atoms with Gasteiger partial charge in [-0.3, -0.25) is 4.79 Å². The van der Waals surface area contributed by atoms with Crippen LogP contribution in [-0.4, -0.2) is 17.3 Å². The molecule has 3 heteroatoms. The molecule has 2 N–H and O–H groups in total. The Bertz CT molecular complexity index is 528. The summed E-state index contributed by atoms with van der Waals surface area (Å²) in [6.45, 7) is 4.66. The van der Waals surface area contributed by atoms with Gasteiger partial charge in [-0.25, -0.2) is 0 Å². The molecule has 3 nitrogen and oxygen atoms in total. The molecule has 0 amide bonds. The van der Waals surface area contributed by atoms with Crippen molar-refractivity contribution in [2.75, 3.05) is 11.9 Å². The van der Waals surface area contributed by atoms with Gasteiger partial charge in [-0.05, 0) is 19.4 Å². The first kappa shape index (κ1) is 11.7. The molecule has 1 aromatic heterocycles. The molecule has 2 aromatic rings. The molecule has 0 saturated carbocycles. The number of Topliss-reactive ketones (excluding diaryl/α,β-unsaturated/α-hetero) is 1. The predicted molar refractivity (Wildman–Crippen MR) is 71.7 cm³/mol. The average molecular weight is 230 g/mol. The second-order valence-electron chi connectivity index (χ2n) is 4.26. The fraction of sp³-hybridized carbons (Fsp3) is 0.357. The number of fused-ring (bicyclic) bond motifs is 1. The lowest BCUT2D eigenvalue weighted by Gasteiger charge is -2.04. The van der Waals surface area contributed by atoms with Gasteiger partial charge in [0.15, 0.2) is 5.78 Å². The molecular weight excluding hydrogens is 212 g/mol. The lowest BCUT2D eigenvalue weighted by molar-refractivity contribution is 0.102. The molecule has 0 aliphatic carbocycles. The van der Waals surface area contributed by atoms with E-state index in [-0.39, 0.29) is 5.78 Å². The van der Waals surface area contributed by atoms with Gasteiger partial charge in [0.25, 0.3) is 0 Å². The first-order valence-corrected chi connectivity index (χ1v) is 6.09. The van der Waals surface area contributed by atoms with Crippen molar-refractivity contribution in [1.82, 2.24) is 4.98 Å². The lowest BCUT2D eigenvalue weighted by atomic mass is 10.1. The Morgan fingerprint density at radius 3 is 2.82 bits per heavy atom. The van der Waals surface area contributed by atoms with E-state index in [9.17, 15) is 4.79 Å². The standard InChI is InChI=1S/C14H18N2O/c1-3-4-9-15-14-13(10(2)17)11-7-5-6-8-12(11)16-14/h5-8,15-16H,3-4,9H2,1-2H3. The van der Waals surface area contributed by atoms with E-state index < -0.39 is 0 Å². The van der Waals surface area contributed by atoms with Crippen molar-refractivity contribution in [2.24, 2.45) is 0 Å². The topological polar surface area (TPSA) is 44.9 Å². The minimum absolute atomic E-state index is 0.0986. The third kappa shape index (κ3) is 2.33. The Labute approximate surface area is 101 Å². The van der Waals surface area contributed by atoms with Crippen LogP contribution in [0, 0.1) is 0 Å². The summed E-state index contributed by atoms with van der Waals surface area (Å²) >= 11 is 0. The molecule has 0 spiro atoms. The number of nitrogens with one attached hydrogen (secondary N) is 2. The summed E-state index contributed by atoms with van der Waals surface area (Å²) in [6.07, 6.45) is 2.25. The summed E-state index contributed by atoms with van der Waals surface area (Å²) in [7, 11) is 0. The summed E-state index contributed by atoms with van der Waals surface area (Å²) in [5.41, 5.74) is 1.79. The van der Waals surface area contributed by atoms with Crippen LogP contribution in [-0.2, 0) is 0 Å². The number of para-hydroxylation sites is 1. The minimum Gasteiger partial charge on any atom is -0.371 e. The second-order valence-corrected chi connectivity index (χ2v) is 4.26. The van der Waals surface area contributed by atoms with Crippen LogP contribution < -0.4 is 5.32 Å². The van der Waals surface area contributed by atoms with Gasteiger partial charge >= 0.3 is 0 Å². The first-order valence-electron chi connectivity index (χ1n) is 6.09. The molecular formula is C14H18N2O. The third-order valence-electron chi connectivity index (χ3n) is 2.89. The zero-order chi connectivity index (χ0) is 12.3. The molecule has 0 saturated heterocycles. The van der Waals surface area contributed by atoms with Crippen LogP contribution in [0.2, 0.25) is 0 Å². The molecule has 17 heavy (non-hydrogen) atoms. The van der Waals surface area contributed by atoms with Gasteiger partial charge in [-0.1, -0.05) is 31.5 Å². The van der Waals surface area contributed by atoms with Crippen LogP contribution in [0.5, 0.6) is 0 Å². The Hall–Kier alpha value is -1.77. The fourth-order valence-corrected chi connectivity index (χ4v) is 2.03. The Morgan fingerprint density at radius 2 is 2.12 bits per heavy atom. The third-order valence-corrected chi connectivity index (χ3v) is 2.89. The Kier molecular flexibility index (Phi) is 3.47. The Morgan fingerprint density at radius 1 is 1.35 bits per heavy atom. The summed E-state index contributed by atoms with van der Waals surface area (Å²) in [4.78, 5) is 15.0. The Balaban J connectivity index is 2.39. The number of ketones is 1. The van der Waals surface area contributed by atoms with Gasteiger partial charge < -0.3 is 10.3 Å². The van der Waals surface area contributed by atoms with Crippen LogP contribution in [0.1, 0.15) is 37.0 Å². The van der Waals surface area contributed by atoms with Crippen molar-refractivity contribution in [3.05, 3.63) is 29.8 Å². The number of unbranched alkanes of at least 4 members (excludes halogenated alkanes) is 1. The van der Waals surface area contributed by atoms with Crippen molar-refractivity contribution < 1.29 is 4.79 Å². The minimum atomic E-state index is 0.0986. The van der Waals surface area contributed by atoms with Gasteiger partial charge in [-0.15, -0.1) is 0 Å². The summed E-state index contributed by atoms with van der Waals surface area (Å²) in [6, 6.07) is 7.90. The maximum Gasteiger partial charge on any atom is 0.164 e. The summed E-state index contributed by atoms with van der Waals surface area (Å²) < 4.78 is 0. The number of hydrogen-bond donors (Lipinski definition) is 2. The number of rotatable bonds is 5. The molecule has 90 valence electrons. The average Bonchev–Trinajstić information content (AvgIpc) is 2.67. The highest BCUT2D eigenvalue weighted by atomic mass is 16.1. The molecule has 1 aromatic carbocycles. The van der Waals surface area contributed by atoms with Crippen LogP contribution in [0.4, 0.5) is 5.82 Å². The van der Waals surface area contributed by atoms with E-state index in [0.29, 0.717) is 0 Å². The summed E-state index contributed by atoms with van der Waals surface area (Å²) in [5, 5.41) is 4.31. The van der Waals surface area contributed by atoms with Crippen LogP contribution >= 0.6 is 0 Å². The van der Waals surface area contributed by atoms with Crippen LogP contribution in [0.15, 0.2) is 24.3 Å². The van der Waals surface area contributed by atoms with Crippen molar-refractivity contribution in [2.45, 2.75) is 26.7 Å². The highest BCUT2D eigenvalue weighted by molar-refractivity contribution is 6.11. The molecule has 0 aliphatic rings. The maximum atomic E-state index is 11.7. The molecule has 0 unspecified atom stereocenters. The molecule has 0 fully saturated rings. The first-order chi connectivity index (χ1) is 8.24. The summed E-state index contributed by atoms with van der Waals surface area (Å²) in [5.74, 6) is 0.952. The van der Waals surface area contributed by atoms with E-state index in [1.165, 1.54) is 0 Å². The quantitative estimate of drug-likeness (QED) is 0.609. The predicted octanol–water partition coefficient (Wildman–Crippen LogP) is 3.58. The van der Waals surface area contributed by atoms with Crippen molar-refractivity contribution in [3.8, 4) is 0 Å². The maximum absolute atomic E-state index is 11.7. The largest absolute Gasteiger partial charge is 0.371 e. The fourth-order valence-electron chi connectivity index (χ4n) is 2.03. The number of aromatic amines is 1. The zero-order valence-electron chi connectivity index (χ0n) is 10.3. The number of H-pyrrole nitrogens is 1. The number of benzene rings is 1. The van der Waals surface area contributed by atoms with Crippen molar-refractivity contribution in [3.63, 3.8) is 0 Å². The van der Waals surface area contributed by atoms with E-state index in [1.807, 2.05) is 24.3 Å². The number of carbonyl (C=O) groups excluding carboxylic acids is 1. The normalized spacial score (nSPS) is 10.7. The van der Waals surface area contributed by atoms with Gasteiger partial charge in [0.05, 0.1) is 5.56 Å². The van der Waals surface area contributed by atoms with Gasteiger partial charge in [0.2, 0.25) is 0 Å². The molecule has 0 atom stereocenters. The molecule has 0 bridgehead atoms. The number of anilines is 1. The molecule has 2 rings (SSSR count). The molecule has 0 radical (unpaired) electrons. The van der Waals surface area contributed by atoms with Gasteiger partial charge in [0, 0.05) is 17.4 Å². The number of hydrogen-bond acceptors (Lipinski definition) is 2. The van der Waals surface area contributed by atoms with E-state index in [4.69, 9.17) is 0 Å². The highest BCUT2D eigenvalue weighted by Crippen LogP contribution is 2.26.